The molecule has 0 unspecified atom stereocenters. The average Bonchev–Trinajstić information content (AvgIpc) is 2.83. The molecule has 13 heteroatoms. The molecule has 1 amide bonds. The third kappa shape index (κ3) is 6.86. The smallest absolute Gasteiger partial charge is 0.340 e. The highest BCUT2D eigenvalue weighted by molar-refractivity contribution is 7.92. The summed E-state index contributed by atoms with van der Waals surface area (Å²) in [6, 6.07) is 6.58. The number of sulfonamides is 1. The van der Waals surface area contributed by atoms with E-state index >= 15 is 0 Å². The Hall–Kier alpha value is -2.89. The van der Waals surface area contributed by atoms with Crippen LogP contribution in [0.5, 0.6) is 0 Å². The Labute approximate surface area is 217 Å². The normalized spacial score (nSPS) is 14.3. The summed E-state index contributed by atoms with van der Waals surface area (Å²) in [4.78, 5) is 37.9. The minimum atomic E-state index is -4.28. The number of benzene rings is 2. The summed E-state index contributed by atoms with van der Waals surface area (Å²) in [6.07, 6.45) is 0.869. The highest BCUT2D eigenvalue weighted by Gasteiger charge is 2.29. The van der Waals surface area contributed by atoms with Gasteiger partial charge in [-0.25, -0.2) is 17.6 Å². The molecule has 0 radical (unpaired) electrons. The number of carbonyl (C=O) groups excluding carboxylic acids is 3. The Bertz CT molecular complexity index is 1250. The lowest BCUT2D eigenvalue weighted by atomic mass is 9.97. The summed E-state index contributed by atoms with van der Waals surface area (Å²) in [5, 5.41) is -0.430. The molecule has 0 bridgehead atoms. The number of anilines is 1. The van der Waals surface area contributed by atoms with Crippen molar-refractivity contribution in [1.82, 2.24) is 4.90 Å². The second-order valence-corrected chi connectivity index (χ2v) is 10.3. The Morgan fingerprint density at radius 1 is 1.06 bits per heavy atom. The predicted octanol–water partition coefficient (Wildman–Crippen LogP) is 3.89. The predicted molar refractivity (Wildman–Crippen MR) is 130 cm³/mol. The van der Waals surface area contributed by atoms with Crippen LogP contribution in [0.3, 0.4) is 0 Å². The summed E-state index contributed by atoms with van der Waals surface area (Å²) in [7, 11) is -4.28. The number of rotatable bonds is 8. The van der Waals surface area contributed by atoms with E-state index in [1.54, 1.807) is 6.92 Å². The number of piperidine rings is 1. The number of esters is 2. The summed E-state index contributed by atoms with van der Waals surface area (Å²) in [5.74, 6) is -2.63. The largest absolute Gasteiger partial charge is 0.466 e. The molecule has 0 atom stereocenters. The third-order valence-electron chi connectivity index (χ3n) is 5.42. The van der Waals surface area contributed by atoms with Crippen LogP contribution >= 0.6 is 23.2 Å². The van der Waals surface area contributed by atoms with Crippen LogP contribution in [0.25, 0.3) is 0 Å². The van der Waals surface area contributed by atoms with Gasteiger partial charge in [0.15, 0.2) is 6.61 Å². The fourth-order valence-electron chi connectivity index (χ4n) is 3.54. The Morgan fingerprint density at radius 2 is 1.69 bits per heavy atom. The number of nitrogens with one attached hydrogen (secondary N) is 1. The maximum Gasteiger partial charge on any atom is 0.340 e. The van der Waals surface area contributed by atoms with E-state index in [0.29, 0.717) is 25.9 Å². The van der Waals surface area contributed by atoms with Crippen LogP contribution in [-0.2, 0) is 29.1 Å². The van der Waals surface area contributed by atoms with E-state index in [2.05, 4.69) is 4.72 Å². The molecular formula is C23H23Cl2FN2O7S. The van der Waals surface area contributed by atoms with Crippen LogP contribution in [-0.4, -0.2) is 57.5 Å². The van der Waals surface area contributed by atoms with Gasteiger partial charge in [0.05, 0.1) is 28.1 Å². The molecule has 0 aliphatic carbocycles. The van der Waals surface area contributed by atoms with Gasteiger partial charge >= 0.3 is 11.9 Å². The molecule has 1 aliphatic rings. The second kappa shape index (κ2) is 11.9. The Kier molecular flexibility index (Phi) is 9.15. The maximum atomic E-state index is 13.1. The maximum absolute atomic E-state index is 13.1. The topological polar surface area (TPSA) is 119 Å². The average molecular weight is 561 g/mol. The highest BCUT2D eigenvalue weighted by atomic mass is 35.5. The highest BCUT2D eigenvalue weighted by Crippen LogP contribution is 2.30. The zero-order valence-electron chi connectivity index (χ0n) is 19.1. The van der Waals surface area contributed by atoms with E-state index < -0.39 is 39.2 Å². The minimum Gasteiger partial charge on any atom is -0.466 e. The molecule has 9 nitrogen and oxygen atoms in total. The van der Waals surface area contributed by atoms with Crippen molar-refractivity contribution < 1.29 is 36.7 Å². The van der Waals surface area contributed by atoms with Crippen LogP contribution in [0.1, 0.15) is 30.1 Å². The number of hydrogen-bond acceptors (Lipinski definition) is 7. The number of nitrogens with zero attached hydrogens (tertiary/aromatic N) is 1. The van der Waals surface area contributed by atoms with Crippen LogP contribution in [0, 0.1) is 11.7 Å². The van der Waals surface area contributed by atoms with Crippen molar-refractivity contribution in [3.8, 4) is 0 Å². The van der Waals surface area contributed by atoms with E-state index in [0.717, 1.165) is 24.3 Å². The molecule has 2 aromatic carbocycles. The standard InChI is InChI=1S/C23H23Cl2FN2O7S/c1-2-34-22(30)14-7-9-28(10-8-14)21(29)13-35-23(31)17-11-20(19(25)12-18(17)24)36(32,33)27-16-5-3-15(26)4-6-16/h3-6,11-12,14,27H,2,7-10,13H2,1H3. The molecule has 0 saturated carbocycles. The molecule has 1 saturated heterocycles. The van der Waals surface area contributed by atoms with Gasteiger partial charge in [0.25, 0.3) is 15.9 Å². The first-order valence-corrected chi connectivity index (χ1v) is 13.1. The number of ether oxygens (including phenoxy) is 2. The van der Waals surface area contributed by atoms with E-state index in [1.165, 1.54) is 17.0 Å². The van der Waals surface area contributed by atoms with Crippen molar-refractivity contribution in [2.45, 2.75) is 24.7 Å². The van der Waals surface area contributed by atoms with E-state index in [4.69, 9.17) is 32.7 Å². The summed E-state index contributed by atoms with van der Waals surface area (Å²) >= 11 is 12.1. The molecule has 0 spiro atoms. The molecule has 0 aromatic heterocycles. The molecular weight excluding hydrogens is 538 g/mol. The van der Waals surface area contributed by atoms with E-state index in [1.807, 2.05) is 0 Å². The van der Waals surface area contributed by atoms with Gasteiger partial charge in [-0.3, -0.25) is 14.3 Å². The first-order chi connectivity index (χ1) is 17.0. The van der Waals surface area contributed by atoms with Crippen LogP contribution < -0.4 is 4.72 Å². The summed E-state index contributed by atoms with van der Waals surface area (Å²) in [5.41, 5.74) is -0.238. The lowest BCUT2D eigenvalue weighted by Crippen LogP contribution is -2.42. The van der Waals surface area contributed by atoms with Gasteiger partial charge in [-0.15, -0.1) is 0 Å². The zero-order valence-corrected chi connectivity index (χ0v) is 21.5. The second-order valence-electron chi connectivity index (χ2n) is 7.86. The van der Waals surface area contributed by atoms with Gasteiger partial charge in [0, 0.05) is 18.8 Å². The van der Waals surface area contributed by atoms with Crippen molar-refractivity contribution in [2.24, 2.45) is 5.92 Å². The van der Waals surface area contributed by atoms with Crippen molar-refractivity contribution in [1.29, 1.82) is 0 Å². The first-order valence-electron chi connectivity index (χ1n) is 10.9. The molecule has 1 N–H and O–H groups in total. The molecule has 36 heavy (non-hydrogen) atoms. The van der Waals surface area contributed by atoms with Crippen molar-refractivity contribution in [3.05, 3.63) is 57.8 Å². The van der Waals surface area contributed by atoms with Crippen molar-refractivity contribution in [2.75, 3.05) is 31.0 Å². The fraction of sp³-hybridized carbons (Fsp3) is 0.348. The molecule has 194 valence electrons. The summed E-state index contributed by atoms with van der Waals surface area (Å²) in [6.45, 7) is 2.01. The molecule has 3 rings (SSSR count). The van der Waals surface area contributed by atoms with Crippen LogP contribution in [0.15, 0.2) is 41.3 Å². The van der Waals surface area contributed by atoms with Gasteiger partial charge in [0.1, 0.15) is 10.7 Å². The number of carbonyl (C=O) groups is 3. The van der Waals surface area contributed by atoms with Gasteiger partial charge in [-0.2, -0.15) is 0 Å². The lowest BCUT2D eigenvalue weighted by molar-refractivity contribution is -0.151. The zero-order chi connectivity index (χ0) is 26.5. The van der Waals surface area contributed by atoms with Gasteiger partial charge < -0.3 is 14.4 Å². The van der Waals surface area contributed by atoms with E-state index in [-0.39, 0.29) is 39.8 Å². The Morgan fingerprint density at radius 3 is 2.31 bits per heavy atom. The fourth-order valence-corrected chi connectivity index (χ4v) is 5.45. The van der Waals surface area contributed by atoms with Gasteiger partial charge in [-0.05, 0) is 56.2 Å². The van der Waals surface area contributed by atoms with Gasteiger partial charge in [0.2, 0.25) is 0 Å². The monoisotopic (exact) mass is 560 g/mol. The van der Waals surface area contributed by atoms with Crippen molar-refractivity contribution >= 4 is 56.8 Å². The first kappa shape index (κ1) is 27.7. The molecule has 1 aliphatic heterocycles. The SMILES string of the molecule is CCOC(=O)C1CCN(C(=O)COC(=O)c2cc(S(=O)(=O)Nc3ccc(F)cc3)c(Cl)cc2Cl)CC1. The van der Waals surface area contributed by atoms with Crippen LogP contribution in [0.2, 0.25) is 10.0 Å². The number of likely N-dealkylation sites (tertiary alicyclic amines) is 1. The Balaban J connectivity index is 1.65. The lowest BCUT2D eigenvalue weighted by Gasteiger charge is -2.30. The quantitative estimate of drug-likeness (QED) is 0.486. The van der Waals surface area contributed by atoms with Crippen molar-refractivity contribution in [3.63, 3.8) is 0 Å². The minimum absolute atomic E-state index is 0.0730. The van der Waals surface area contributed by atoms with Crippen LogP contribution in [0.4, 0.5) is 10.1 Å². The molecule has 2 aromatic rings. The molecule has 1 fully saturated rings. The number of hydrogen-bond donors (Lipinski definition) is 1. The molecule has 1 heterocycles. The van der Waals surface area contributed by atoms with Gasteiger partial charge in [-0.1, -0.05) is 23.2 Å². The summed E-state index contributed by atoms with van der Waals surface area (Å²) < 4.78 is 51.0. The number of halogens is 3. The third-order valence-corrected chi connectivity index (χ3v) is 7.58. The van der Waals surface area contributed by atoms with E-state index in [9.17, 15) is 27.2 Å². The number of amides is 1.